The highest BCUT2D eigenvalue weighted by Gasteiger charge is 2.25. The molecular weight excluding hydrogens is 234 g/mol. The second kappa shape index (κ2) is 5.34. The van der Waals surface area contributed by atoms with Crippen molar-refractivity contribution in [3.8, 4) is 0 Å². The van der Waals surface area contributed by atoms with E-state index in [2.05, 4.69) is 6.58 Å². The van der Waals surface area contributed by atoms with Gasteiger partial charge in [0, 0.05) is 6.42 Å². The molecule has 0 bridgehead atoms. The van der Waals surface area contributed by atoms with Crippen LogP contribution in [-0.4, -0.2) is 7.11 Å². The molecule has 0 unspecified atom stereocenters. The normalized spacial score (nSPS) is 20.6. The fraction of sp³-hybridized carbons (Fsp3) is 0.333. The highest BCUT2D eigenvalue weighted by Crippen LogP contribution is 2.38. The van der Waals surface area contributed by atoms with E-state index in [4.69, 9.17) is 4.74 Å². The van der Waals surface area contributed by atoms with Gasteiger partial charge in [-0.1, -0.05) is 24.8 Å². The lowest BCUT2D eigenvalue weighted by Crippen LogP contribution is -2.06. The van der Waals surface area contributed by atoms with E-state index in [1.165, 1.54) is 7.11 Å². The van der Waals surface area contributed by atoms with Crippen LogP contribution in [0.1, 0.15) is 25.7 Å². The van der Waals surface area contributed by atoms with Crippen LogP contribution in [0, 0.1) is 0 Å². The van der Waals surface area contributed by atoms with Crippen molar-refractivity contribution in [2.75, 3.05) is 7.11 Å². The summed E-state index contributed by atoms with van der Waals surface area (Å²) in [6, 6.07) is 0. The van der Waals surface area contributed by atoms with Crippen LogP contribution in [0.5, 0.6) is 0 Å². The minimum Gasteiger partial charge on any atom is -0.498 e. The van der Waals surface area contributed by atoms with Crippen molar-refractivity contribution in [3.63, 3.8) is 0 Å². The van der Waals surface area contributed by atoms with Crippen LogP contribution in [0.4, 0.5) is 8.78 Å². The molecule has 3 heteroatoms. The smallest absolute Gasteiger partial charge is 0.196 e. The molecule has 2 rings (SSSR count). The summed E-state index contributed by atoms with van der Waals surface area (Å²) in [5.41, 5.74) is 2.49. The highest BCUT2D eigenvalue weighted by atomic mass is 19.2. The zero-order valence-corrected chi connectivity index (χ0v) is 10.4. The minimum absolute atomic E-state index is 0.106. The number of methoxy groups -OCH3 is 1. The van der Waals surface area contributed by atoms with Gasteiger partial charge in [0.25, 0.3) is 0 Å². The molecule has 0 heterocycles. The average Bonchev–Trinajstić information content (AvgIpc) is 2.42. The molecule has 0 aromatic carbocycles. The Bertz CT molecular complexity index is 493. The number of rotatable bonds is 3. The van der Waals surface area contributed by atoms with Crippen molar-refractivity contribution in [2.24, 2.45) is 0 Å². The lowest BCUT2D eigenvalue weighted by molar-refractivity contribution is 0.254. The third kappa shape index (κ3) is 2.30. The molecule has 0 amide bonds. The topological polar surface area (TPSA) is 9.23 Å². The van der Waals surface area contributed by atoms with Crippen LogP contribution < -0.4 is 0 Å². The maximum atomic E-state index is 13.9. The molecule has 0 aromatic rings. The van der Waals surface area contributed by atoms with Gasteiger partial charge in [-0.2, -0.15) is 0 Å². The summed E-state index contributed by atoms with van der Waals surface area (Å²) in [7, 11) is 1.37. The molecule has 0 N–H and O–H groups in total. The number of hydrogen-bond acceptors (Lipinski definition) is 1. The first-order valence-electron chi connectivity index (χ1n) is 6.01. The Morgan fingerprint density at radius 3 is 2.44 bits per heavy atom. The van der Waals surface area contributed by atoms with Crippen molar-refractivity contribution in [3.05, 3.63) is 58.9 Å². The van der Waals surface area contributed by atoms with Gasteiger partial charge >= 0.3 is 0 Å². The number of allylic oxidation sites excluding steroid dienone is 9. The Morgan fingerprint density at radius 1 is 1.11 bits per heavy atom. The summed E-state index contributed by atoms with van der Waals surface area (Å²) >= 11 is 0. The summed E-state index contributed by atoms with van der Waals surface area (Å²) in [5, 5.41) is 0. The summed E-state index contributed by atoms with van der Waals surface area (Å²) < 4.78 is 32.4. The SMILES string of the molecule is C=CC1=CC=C(C2=C(F)C(F)=C(OC)CC2)CC1. The van der Waals surface area contributed by atoms with Crippen LogP contribution in [0.3, 0.4) is 0 Å². The number of halogens is 2. The summed E-state index contributed by atoms with van der Waals surface area (Å²) in [5.74, 6) is -1.51. The summed E-state index contributed by atoms with van der Waals surface area (Å²) in [6.45, 7) is 3.70. The van der Waals surface area contributed by atoms with Gasteiger partial charge < -0.3 is 4.74 Å². The molecule has 0 radical (unpaired) electrons. The molecule has 2 aliphatic rings. The average molecular weight is 250 g/mol. The zero-order chi connectivity index (χ0) is 13.1. The largest absolute Gasteiger partial charge is 0.498 e. The molecule has 1 nitrogen and oxygen atoms in total. The Morgan fingerprint density at radius 2 is 1.89 bits per heavy atom. The molecule has 0 fully saturated rings. The van der Waals surface area contributed by atoms with Gasteiger partial charge in [0.2, 0.25) is 0 Å². The summed E-state index contributed by atoms with van der Waals surface area (Å²) in [4.78, 5) is 0. The van der Waals surface area contributed by atoms with Crippen LogP contribution in [0.15, 0.2) is 58.9 Å². The van der Waals surface area contributed by atoms with E-state index in [1.807, 2.05) is 12.2 Å². The fourth-order valence-electron chi connectivity index (χ4n) is 2.28. The predicted molar refractivity (Wildman–Crippen MR) is 68.1 cm³/mol. The monoisotopic (exact) mass is 250 g/mol. The quantitative estimate of drug-likeness (QED) is 0.707. The minimum atomic E-state index is -0.849. The molecule has 0 spiro atoms. The second-order valence-electron chi connectivity index (χ2n) is 4.37. The second-order valence-corrected chi connectivity index (χ2v) is 4.37. The van der Waals surface area contributed by atoms with Crippen molar-refractivity contribution >= 4 is 0 Å². The summed E-state index contributed by atoms with van der Waals surface area (Å²) in [6.07, 6.45) is 8.04. The lowest BCUT2D eigenvalue weighted by atomic mass is 9.88. The molecule has 0 saturated heterocycles. The van der Waals surface area contributed by atoms with Crippen molar-refractivity contribution in [1.82, 2.24) is 0 Å². The van der Waals surface area contributed by atoms with Gasteiger partial charge in [0.05, 0.1) is 7.11 Å². The van der Waals surface area contributed by atoms with E-state index in [0.29, 0.717) is 18.4 Å². The molecule has 0 saturated carbocycles. The van der Waals surface area contributed by atoms with E-state index < -0.39 is 11.7 Å². The third-order valence-corrected chi connectivity index (χ3v) is 3.38. The predicted octanol–water partition coefficient (Wildman–Crippen LogP) is 4.66. The first-order valence-corrected chi connectivity index (χ1v) is 6.01. The molecule has 2 aliphatic carbocycles. The fourth-order valence-corrected chi connectivity index (χ4v) is 2.28. The molecular formula is C15H16F2O. The van der Waals surface area contributed by atoms with E-state index in [1.54, 1.807) is 6.08 Å². The molecule has 18 heavy (non-hydrogen) atoms. The van der Waals surface area contributed by atoms with Gasteiger partial charge in [0.1, 0.15) is 5.76 Å². The van der Waals surface area contributed by atoms with Crippen LogP contribution in [0.25, 0.3) is 0 Å². The zero-order valence-electron chi connectivity index (χ0n) is 10.4. The third-order valence-electron chi connectivity index (χ3n) is 3.38. The Hall–Kier alpha value is -1.64. The standard InChI is InChI=1S/C15H16F2O/c1-3-10-4-6-11(7-5-10)12-8-9-13(18-2)15(17)14(12)16/h3-4,6H,1,5,7-9H2,2H3. The van der Waals surface area contributed by atoms with Gasteiger partial charge in [-0.05, 0) is 36.0 Å². The van der Waals surface area contributed by atoms with Crippen LogP contribution in [-0.2, 0) is 4.74 Å². The van der Waals surface area contributed by atoms with E-state index >= 15 is 0 Å². The number of hydrogen-bond donors (Lipinski definition) is 0. The highest BCUT2D eigenvalue weighted by molar-refractivity contribution is 5.47. The van der Waals surface area contributed by atoms with Crippen molar-refractivity contribution in [1.29, 1.82) is 0 Å². The Kier molecular flexibility index (Phi) is 3.80. The maximum Gasteiger partial charge on any atom is 0.196 e. The molecule has 0 aromatic heterocycles. The molecule has 96 valence electrons. The maximum absolute atomic E-state index is 13.9. The van der Waals surface area contributed by atoms with Crippen molar-refractivity contribution < 1.29 is 13.5 Å². The van der Waals surface area contributed by atoms with Crippen LogP contribution >= 0.6 is 0 Å². The van der Waals surface area contributed by atoms with Crippen molar-refractivity contribution in [2.45, 2.75) is 25.7 Å². The molecule has 0 atom stereocenters. The first kappa shape index (κ1) is 12.8. The van der Waals surface area contributed by atoms with E-state index in [0.717, 1.165) is 24.0 Å². The van der Waals surface area contributed by atoms with Crippen LogP contribution in [0.2, 0.25) is 0 Å². The van der Waals surface area contributed by atoms with E-state index in [-0.39, 0.29) is 5.76 Å². The van der Waals surface area contributed by atoms with E-state index in [9.17, 15) is 8.78 Å². The number of ether oxygens (including phenoxy) is 1. The van der Waals surface area contributed by atoms with Gasteiger partial charge in [-0.3, -0.25) is 0 Å². The first-order chi connectivity index (χ1) is 8.67. The van der Waals surface area contributed by atoms with Gasteiger partial charge in [0.15, 0.2) is 11.7 Å². The lowest BCUT2D eigenvalue weighted by Gasteiger charge is -2.21. The van der Waals surface area contributed by atoms with Gasteiger partial charge in [-0.15, -0.1) is 0 Å². The Balaban J connectivity index is 2.33. The van der Waals surface area contributed by atoms with Gasteiger partial charge in [-0.25, -0.2) is 8.78 Å². The Labute approximate surface area is 106 Å². The molecule has 0 aliphatic heterocycles.